The van der Waals surface area contributed by atoms with Gasteiger partial charge in [0.25, 0.3) is 5.56 Å². The molecular formula is C29H20ClN7O3. The summed E-state index contributed by atoms with van der Waals surface area (Å²) in [5.41, 5.74) is 2.69. The number of halogens is 1. The highest BCUT2D eigenvalue weighted by Gasteiger charge is 2.33. The average molecular weight is 550 g/mol. The Morgan fingerprint density at radius 2 is 1.70 bits per heavy atom. The molecule has 10 nitrogen and oxygen atoms in total. The molecule has 2 N–H and O–H groups in total. The molecule has 1 amide bonds. The highest BCUT2D eigenvalue weighted by Crippen LogP contribution is 2.44. The first kappa shape index (κ1) is 23.9. The van der Waals surface area contributed by atoms with Crippen molar-refractivity contribution in [1.82, 2.24) is 29.5 Å². The number of aryl methyl sites for hydroxylation is 1. The Kier molecular flexibility index (Phi) is 5.49. The Labute approximate surface area is 231 Å². The van der Waals surface area contributed by atoms with Gasteiger partial charge in [0.2, 0.25) is 11.9 Å². The summed E-state index contributed by atoms with van der Waals surface area (Å²) >= 11 is 6.18. The number of carbonyl (C=O) groups excluding carboxylic acids is 1. The molecule has 1 aliphatic rings. The molecule has 0 atom stereocenters. The van der Waals surface area contributed by atoms with Crippen LogP contribution in [0.25, 0.3) is 22.7 Å². The molecular weight excluding hydrogens is 530 g/mol. The second-order valence-corrected chi connectivity index (χ2v) is 9.78. The maximum Gasteiger partial charge on any atom is 0.263 e. The number of fused-ring (bicyclic) bond motifs is 3. The first-order chi connectivity index (χ1) is 19.5. The fourth-order valence-electron chi connectivity index (χ4n) is 4.94. The standard InChI is InChI=1S/C29H20ClN7O3/c1-16-13-24(32-28(39)25-19-9-2-4-11-22(19)40-23-12-5-3-10-20(23)25)37(35-16)29-33-26-21(27(38)34-29)15-31-36(26)18-8-6-7-17(30)14-18/h2-15,25H,1H3,(H,32,39)(H,33,34,38). The van der Waals surface area contributed by atoms with Gasteiger partial charge in [-0.2, -0.15) is 19.9 Å². The second kappa shape index (κ2) is 9.21. The third-order valence-corrected chi connectivity index (χ3v) is 6.94. The lowest BCUT2D eigenvalue weighted by molar-refractivity contribution is -0.116. The van der Waals surface area contributed by atoms with Crippen molar-refractivity contribution in [2.45, 2.75) is 12.8 Å². The van der Waals surface area contributed by atoms with Gasteiger partial charge in [-0.15, -0.1) is 0 Å². The summed E-state index contributed by atoms with van der Waals surface area (Å²) < 4.78 is 8.98. The number of carbonyl (C=O) groups is 1. The van der Waals surface area contributed by atoms with Crippen molar-refractivity contribution in [3.05, 3.63) is 117 Å². The fourth-order valence-corrected chi connectivity index (χ4v) is 5.13. The van der Waals surface area contributed by atoms with Crippen molar-refractivity contribution in [1.29, 1.82) is 0 Å². The monoisotopic (exact) mass is 549 g/mol. The van der Waals surface area contributed by atoms with E-state index in [0.29, 0.717) is 44.8 Å². The van der Waals surface area contributed by atoms with Crippen LogP contribution in [0.4, 0.5) is 5.82 Å². The number of hydrogen-bond donors (Lipinski definition) is 2. The number of anilines is 1. The van der Waals surface area contributed by atoms with Crippen molar-refractivity contribution in [3.8, 4) is 23.1 Å². The van der Waals surface area contributed by atoms with E-state index in [0.717, 1.165) is 11.1 Å². The molecule has 0 saturated heterocycles. The molecule has 4 heterocycles. The number of nitrogens with one attached hydrogen (secondary N) is 2. The zero-order valence-electron chi connectivity index (χ0n) is 21.0. The SMILES string of the molecule is Cc1cc(NC(=O)C2c3ccccc3Oc3ccccc32)n(-c2nc3c(cnn3-c3cccc(Cl)c3)c(=O)[nH]2)n1. The molecule has 196 valence electrons. The Bertz CT molecular complexity index is 1960. The second-order valence-electron chi connectivity index (χ2n) is 9.35. The fraction of sp³-hybridized carbons (Fsp3) is 0.0690. The van der Waals surface area contributed by atoms with Gasteiger partial charge in [-0.05, 0) is 37.3 Å². The van der Waals surface area contributed by atoms with Crippen LogP contribution in [-0.4, -0.2) is 35.4 Å². The Morgan fingerprint density at radius 1 is 0.975 bits per heavy atom. The lowest BCUT2D eigenvalue weighted by Crippen LogP contribution is -2.26. The van der Waals surface area contributed by atoms with Crippen LogP contribution in [-0.2, 0) is 4.79 Å². The van der Waals surface area contributed by atoms with Crippen LogP contribution in [0.15, 0.2) is 89.9 Å². The minimum absolute atomic E-state index is 0.123. The van der Waals surface area contributed by atoms with Crippen LogP contribution in [0, 0.1) is 6.92 Å². The predicted molar refractivity (Wildman–Crippen MR) is 150 cm³/mol. The van der Waals surface area contributed by atoms with Gasteiger partial charge in [0, 0.05) is 22.2 Å². The lowest BCUT2D eigenvalue weighted by Gasteiger charge is -2.27. The van der Waals surface area contributed by atoms with Crippen LogP contribution < -0.4 is 15.6 Å². The summed E-state index contributed by atoms with van der Waals surface area (Å²) in [6, 6.07) is 23.7. The Morgan fingerprint density at radius 3 is 2.42 bits per heavy atom. The summed E-state index contributed by atoms with van der Waals surface area (Å²) in [7, 11) is 0. The molecule has 11 heteroatoms. The van der Waals surface area contributed by atoms with Crippen LogP contribution in [0.5, 0.6) is 11.5 Å². The van der Waals surface area contributed by atoms with Gasteiger partial charge in [0.05, 0.1) is 23.5 Å². The minimum Gasteiger partial charge on any atom is -0.457 e. The van der Waals surface area contributed by atoms with E-state index in [9.17, 15) is 9.59 Å². The average Bonchev–Trinajstić information content (AvgIpc) is 3.55. The van der Waals surface area contributed by atoms with E-state index >= 15 is 0 Å². The molecule has 0 radical (unpaired) electrons. The molecule has 6 aromatic rings. The maximum atomic E-state index is 13.9. The summed E-state index contributed by atoms with van der Waals surface area (Å²) in [4.78, 5) is 34.3. The number of ether oxygens (including phenoxy) is 1. The molecule has 0 spiro atoms. The summed E-state index contributed by atoms with van der Waals surface area (Å²) in [6.07, 6.45) is 1.45. The van der Waals surface area contributed by atoms with Gasteiger partial charge in [-0.3, -0.25) is 14.6 Å². The molecule has 0 aliphatic carbocycles. The van der Waals surface area contributed by atoms with E-state index in [-0.39, 0.29) is 11.9 Å². The van der Waals surface area contributed by atoms with Crippen molar-refractivity contribution >= 4 is 34.4 Å². The number of aromatic nitrogens is 6. The third-order valence-electron chi connectivity index (χ3n) is 6.70. The number of H-pyrrole nitrogens is 1. The molecule has 3 aromatic carbocycles. The number of nitrogens with zero attached hydrogens (tertiary/aromatic N) is 5. The van der Waals surface area contributed by atoms with E-state index in [4.69, 9.17) is 16.3 Å². The summed E-state index contributed by atoms with van der Waals surface area (Å²) in [6.45, 7) is 1.79. The van der Waals surface area contributed by atoms with Crippen LogP contribution in [0.2, 0.25) is 5.02 Å². The zero-order chi connectivity index (χ0) is 27.4. The summed E-state index contributed by atoms with van der Waals surface area (Å²) in [5.74, 6) is 0.812. The number of aromatic amines is 1. The van der Waals surface area contributed by atoms with E-state index in [1.54, 1.807) is 31.2 Å². The number of hydrogen-bond acceptors (Lipinski definition) is 6. The largest absolute Gasteiger partial charge is 0.457 e. The van der Waals surface area contributed by atoms with Crippen molar-refractivity contribution < 1.29 is 9.53 Å². The van der Waals surface area contributed by atoms with E-state index < -0.39 is 11.5 Å². The number of benzene rings is 3. The molecule has 1 aliphatic heterocycles. The van der Waals surface area contributed by atoms with Gasteiger partial charge < -0.3 is 10.1 Å². The smallest absolute Gasteiger partial charge is 0.263 e. The maximum absolute atomic E-state index is 13.9. The molecule has 0 bridgehead atoms. The first-order valence-electron chi connectivity index (χ1n) is 12.4. The molecule has 40 heavy (non-hydrogen) atoms. The van der Waals surface area contributed by atoms with E-state index in [1.165, 1.54) is 15.6 Å². The van der Waals surface area contributed by atoms with E-state index in [2.05, 4.69) is 25.5 Å². The van der Waals surface area contributed by atoms with E-state index in [1.807, 2.05) is 54.6 Å². The lowest BCUT2D eigenvalue weighted by atomic mass is 9.87. The quantitative estimate of drug-likeness (QED) is 0.314. The van der Waals surface area contributed by atoms with Gasteiger partial charge in [0.15, 0.2) is 5.65 Å². The van der Waals surface area contributed by atoms with Gasteiger partial charge in [-0.25, -0.2) is 4.68 Å². The number of amides is 1. The van der Waals surface area contributed by atoms with Crippen LogP contribution in [0.1, 0.15) is 22.7 Å². The van der Waals surface area contributed by atoms with Gasteiger partial charge >= 0.3 is 0 Å². The molecule has 0 fully saturated rings. The highest BCUT2D eigenvalue weighted by atomic mass is 35.5. The predicted octanol–water partition coefficient (Wildman–Crippen LogP) is 5.13. The van der Waals surface area contributed by atoms with Crippen molar-refractivity contribution in [2.75, 3.05) is 5.32 Å². The first-order valence-corrected chi connectivity index (χ1v) is 12.8. The van der Waals surface area contributed by atoms with Crippen molar-refractivity contribution in [3.63, 3.8) is 0 Å². The number of para-hydroxylation sites is 2. The van der Waals surface area contributed by atoms with Gasteiger partial charge in [0.1, 0.15) is 22.7 Å². The Balaban J connectivity index is 1.30. The molecule has 0 saturated carbocycles. The normalized spacial score (nSPS) is 12.6. The Hall–Kier alpha value is -5.22. The minimum atomic E-state index is -0.622. The van der Waals surface area contributed by atoms with Crippen LogP contribution >= 0.6 is 11.6 Å². The highest BCUT2D eigenvalue weighted by molar-refractivity contribution is 6.30. The van der Waals surface area contributed by atoms with Gasteiger partial charge in [-0.1, -0.05) is 54.1 Å². The summed E-state index contributed by atoms with van der Waals surface area (Å²) in [5, 5.41) is 12.7. The molecule has 7 rings (SSSR count). The number of rotatable bonds is 4. The van der Waals surface area contributed by atoms with Crippen molar-refractivity contribution in [2.24, 2.45) is 0 Å². The molecule has 0 unspecified atom stereocenters. The third kappa shape index (κ3) is 3.93. The molecule has 3 aromatic heterocycles. The van der Waals surface area contributed by atoms with Crippen LogP contribution in [0.3, 0.4) is 0 Å². The topological polar surface area (TPSA) is 120 Å². The zero-order valence-corrected chi connectivity index (χ0v) is 21.8.